The highest BCUT2D eigenvalue weighted by atomic mass is 79.9. The molecule has 1 aromatic heterocycles. The molecule has 0 saturated carbocycles. The molecule has 0 unspecified atom stereocenters. The van der Waals surface area contributed by atoms with E-state index in [2.05, 4.69) is 33.4 Å². The molecule has 24 heavy (non-hydrogen) atoms. The van der Waals surface area contributed by atoms with E-state index in [1.54, 1.807) is 7.11 Å². The molecule has 2 aromatic carbocycles. The van der Waals surface area contributed by atoms with Crippen molar-refractivity contribution in [2.24, 2.45) is 0 Å². The van der Waals surface area contributed by atoms with Crippen molar-refractivity contribution in [3.05, 3.63) is 76.5 Å². The van der Waals surface area contributed by atoms with E-state index >= 15 is 0 Å². The van der Waals surface area contributed by atoms with Gasteiger partial charge in [-0.3, -0.25) is 0 Å². The van der Waals surface area contributed by atoms with Gasteiger partial charge in [0.25, 0.3) is 0 Å². The molecule has 0 fully saturated rings. The maximum atomic E-state index is 5.89. The van der Waals surface area contributed by atoms with Gasteiger partial charge in [-0.1, -0.05) is 40.2 Å². The minimum absolute atomic E-state index is 0. The molecule has 0 aliphatic heterocycles. The van der Waals surface area contributed by atoms with Crippen molar-refractivity contribution >= 4 is 15.9 Å². The lowest BCUT2D eigenvalue weighted by Gasteiger charge is -2.05. The fourth-order valence-corrected chi connectivity index (χ4v) is 2.58. The van der Waals surface area contributed by atoms with E-state index in [0.717, 1.165) is 33.9 Å². The van der Waals surface area contributed by atoms with Crippen LogP contribution in [0.5, 0.6) is 5.75 Å². The van der Waals surface area contributed by atoms with Crippen LogP contribution in [0, 0.1) is 0 Å². The second-order valence-corrected chi connectivity index (χ2v) is 6.14. The Kier molecular flexibility index (Phi) is 6.91. The summed E-state index contributed by atoms with van der Waals surface area (Å²) in [6, 6.07) is 20.2. The maximum absolute atomic E-state index is 5.89. The largest absolute Gasteiger partial charge is 1.00 e. The van der Waals surface area contributed by atoms with Gasteiger partial charge in [0.2, 0.25) is 0 Å². The lowest BCUT2D eigenvalue weighted by atomic mass is 10.2. The van der Waals surface area contributed by atoms with Crippen molar-refractivity contribution in [1.82, 2.24) is 5.32 Å². The predicted molar refractivity (Wildman–Crippen MR) is 95.4 cm³/mol. The first kappa shape index (κ1) is 18.6. The molecule has 5 heteroatoms. The quantitative estimate of drug-likeness (QED) is 0.679. The Bertz CT molecular complexity index is 754. The first-order valence-electron chi connectivity index (χ1n) is 7.43. The molecule has 0 spiro atoms. The predicted octanol–water partition coefficient (Wildman–Crippen LogP) is 2.01. The van der Waals surface area contributed by atoms with Crippen molar-refractivity contribution in [2.75, 3.05) is 7.11 Å². The van der Waals surface area contributed by atoms with Crippen LogP contribution < -0.4 is 22.5 Å². The third-order valence-electron chi connectivity index (χ3n) is 3.58. The van der Waals surface area contributed by atoms with Crippen LogP contribution in [0.15, 0.2) is 69.6 Å². The lowest BCUT2D eigenvalue weighted by molar-refractivity contribution is -0.00000539. The zero-order chi connectivity index (χ0) is 16.1. The normalized spacial score (nSPS) is 10.2. The van der Waals surface area contributed by atoms with Crippen molar-refractivity contribution in [3.8, 4) is 17.1 Å². The van der Waals surface area contributed by atoms with Gasteiger partial charge < -0.3 is 26.9 Å². The smallest absolute Gasteiger partial charge is 0.134 e. The Morgan fingerprint density at radius 3 is 2.29 bits per heavy atom. The van der Waals surface area contributed by atoms with Gasteiger partial charge in [0, 0.05) is 16.6 Å². The van der Waals surface area contributed by atoms with E-state index in [1.165, 1.54) is 5.56 Å². The number of nitrogens with one attached hydrogen (secondary N) is 1. The van der Waals surface area contributed by atoms with Crippen LogP contribution >= 0.6 is 15.9 Å². The van der Waals surface area contributed by atoms with E-state index in [0.29, 0.717) is 6.54 Å². The van der Waals surface area contributed by atoms with Crippen LogP contribution in [-0.4, -0.2) is 7.11 Å². The zero-order valence-electron chi connectivity index (χ0n) is 13.3. The second kappa shape index (κ2) is 8.92. The summed E-state index contributed by atoms with van der Waals surface area (Å²) in [5.74, 6) is 2.69. The summed E-state index contributed by atoms with van der Waals surface area (Å²) in [7, 11) is 1.67. The number of hydrogen-bond donors (Lipinski definition) is 1. The second-order valence-electron chi connectivity index (χ2n) is 5.22. The summed E-state index contributed by atoms with van der Waals surface area (Å²) in [6.07, 6.45) is 0. The van der Waals surface area contributed by atoms with Gasteiger partial charge in [-0.15, -0.1) is 0 Å². The standard InChI is InChI=1S/C19H18BrNO2.ClH/c1-22-17-8-2-14(3-9-17)12-21-13-18-10-11-19(23-18)15-4-6-16(20)7-5-15;/h2-11,21H,12-13H2,1H3;1H/p-1. The third kappa shape index (κ3) is 4.87. The number of furan rings is 1. The fourth-order valence-electron chi connectivity index (χ4n) is 2.32. The van der Waals surface area contributed by atoms with Crippen molar-refractivity contribution in [1.29, 1.82) is 0 Å². The highest BCUT2D eigenvalue weighted by Gasteiger charge is 2.04. The van der Waals surface area contributed by atoms with Crippen LogP contribution in [0.4, 0.5) is 0 Å². The third-order valence-corrected chi connectivity index (χ3v) is 4.11. The topological polar surface area (TPSA) is 34.4 Å². The highest BCUT2D eigenvalue weighted by Crippen LogP contribution is 2.24. The molecule has 0 aliphatic rings. The maximum Gasteiger partial charge on any atom is 0.134 e. The molecule has 0 radical (unpaired) electrons. The first-order chi connectivity index (χ1) is 11.2. The monoisotopic (exact) mass is 406 g/mol. The summed E-state index contributed by atoms with van der Waals surface area (Å²) in [5.41, 5.74) is 2.29. The Morgan fingerprint density at radius 1 is 0.917 bits per heavy atom. The van der Waals surface area contributed by atoms with Gasteiger partial charge in [-0.2, -0.15) is 0 Å². The SMILES string of the molecule is COc1ccc(CNCc2ccc(-c3ccc(Br)cc3)o2)cc1.[Cl-]. The Morgan fingerprint density at radius 2 is 1.62 bits per heavy atom. The Balaban J connectivity index is 0.00000208. The summed E-state index contributed by atoms with van der Waals surface area (Å²) >= 11 is 3.44. The highest BCUT2D eigenvalue weighted by molar-refractivity contribution is 9.10. The Hall–Kier alpha value is -1.75. The number of rotatable bonds is 6. The molecule has 3 rings (SSSR count). The number of methoxy groups -OCH3 is 1. The lowest BCUT2D eigenvalue weighted by Crippen LogP contribution is -3.00. The van der Waals surface area contributed by atoms with Gasteiger partial charge in [0.15, 0.2) is 0 Å². The summed E-state index contributed by atoms with van der Waals surface area (Å²) in [6.45, 7) is 1.49. The fraction of sp³-hybridized carbons (Fsp3) is 0.158. The van der Waals surface area contributed by atoms with Gasteiger partial charge >= 0.3 is 0 Å². The minimum Gasteiger partial charge on any atom is -1.00 e. The van der Waals surface area contributed by atoms with Crippen molar-refractivity contribution in [3.63, 3.8) is 0 Å². The van der Waals surface area contributed by atoms with Crippen LogP contribution in [0.2, 0.25) is 0 Å². The van der Waals surface area contributed by atoms with E-state index in [1.807, 2.05) is 48.5 Å². The van der Waals surface area contributed by atoms with Crippen LogP contribution in [-0.2, 0) is 13.1 Å². The molecular weight excluding hydrogens is 390 g/mol. The molecule has 1 N–H and O–H groups in total. The first-order valence-corrected chi connectivity index (χ1v) is 8.22. The summed E-state index contributed by atoms with van der Waals surface area (Å²) in [4.78, 5) is 0. The number of halogens is 2. The zero-order valence-corrected chi connectivity index (χ0v) is 15.6. The number of benzene rings is 2. The van der Waals surface area contributed by atoms with Crippen LogP contribution in [0.3, 0.4) is 0 Å². The Labute approximate surface area is 156 Å². The van der Waals surface area contributed by atoms with E-state index in [4.69, 9.17) is 9.15 Å². The van der Waals surface area contributed by atoms with Gasteiger partial charge in [-0.05, 0) is 42.0 Å². The molecule has 0 saturated heterocycles. The molecule has 0 aliphatic carbocycles. The van der Waals surface area contributed by atoms with Crippen molar-refractivity contribution < 1.29 is 21.6 Å². The molecule has 1 heterocycles. The van der Waals surface area contributed by atoms with Crippen molar-refractivity contribution in [2.45, 2.75) is 13.1 Å². The molecule has 3 nitrogen and oxygen atoms in total. The van der Waals surface area contributed by atoms with Gasteiger partial charge in [0.1, 0.15) is 17.3 Å². The molecule has 126 valence electrons. The summed E-state index contributed by atoms with van der Waals surface area (Å²) < 4.78 is 12.1. The van der Waals surface area contributed by atoms with E-state index in [9.17, 15) is 0 Å². The van der Waals surface area contributed by atoms with Gasteiger partial charge in [0.05, 0.1) is 13.7 Å². The molecule has 0 atom stereocenters. The molecule has 3 aromatic rings. The van der Waals surface area contributed by atoms with E-state index in [-0.39, 0.29) is 12.4 Å². The van der Waals surface area contributed by atoms with E-state index < -0.39 is 0 Å². The average Bonchev–Trinajstić information content (AvgIpc) is 3.05. The minimum atomic E-state index is 0. The molecule has 0 bridgehead atoms. The van der Waals surface area contributed by atoms with Crippen LogP contribution in [0.25, 0.3) is 11.3 Å². The van der Waals surface area contributed by atoms with Crippen LogP contribution in [0.1, 0.15) is 11.3 Å². The number of ether oxygens (including phenoxy) is 1. The molecule has 0 amide bonds. The number of hydrogen-bond acceptors (Lipinski definition) is 3. The average molecular weight is 408 g/mol. The van der Waals surface area contributed by atoms with Gasteiger partial charge in [-0.25, -0.2) is 0 Å². The molecular formula is C19H18BrClNO2-. The summed E-state index contributed by atoms with van der Waals surface area (Å²) in [5, 5.41) is 3.39.